The second kappa shape index (κ2) is 7.84. The minimum Gasteiger partial charge on any atom is -0.312 e. The van der Waals surface area contributed by atoms with Gasteiger partial charge in [-0.15, -0.1) is 11.6 Å². The fraction of sp³-hybridized carbons (Fsp3) is 1.00. The standard InChI is InChI=1S/C9H21ClN2/c1-4-12(5-2)7-6-11-9(3)8-10/h9,11H,4-8H2,1-3H3. The molecule has 0 rings (SSSR count). The van der Waals surface area contributed by atoms with Crippen LogP contribution < -0.4 is 5.32 Å². The number of halogens is 1. The molecule has 0 aromatic carbocycles. The third-order valence-corrected chi connectivity index (χ3v) is 2.51. The summed E-state index contributed by atoms with van der Waals surface area (Å²) >= 11 is 5.66. The van der Waals surface area contributed by atoms with Gasteiger partial charge in [-0.2, -0.15) is 0 Å². The van der Waals surface area contributed by atoms with E-state index in [0.29, 0.717) is 11.9 Å². The minimum absolute atomic E-state index is 0.433. The van der Waals surface area contributed by atoms with Crippen molar-refractivity contribution in [2.75, 3.05) is 32.1 Å². The molecule has 0 spiro atoms. The molecule has 0 aromatic heterocycles. The molecule has 0 saturated heterocycles. The van der Waals surface area contributed by atoms with E-state index in [0.717, 1.165) is 26.2 Å². The van der Waals surface area contributed by atoms with Crippen molar-refractivity contribution in [3.63, 3.8) is 0 Å². The lowest BCUT2D eigenvalue weighted by Gasteiger charge is -2.19. The maximum absolute atomic E-state index is 5.66. The van der Waals surface area contributed by atoms with Gasteiger partial charge in [-0.25, -0.2) is 0 Å². The van der Waals surface area contributed by atoms with Crippen molar-refractivity contribution in [2.24, 2.45) is 0 Å². The number of hydrogen-bond donors (Lipinski definition) is 1. The lowest BCUT2D eigenvalue weighted by atomic mass is 10.4. The fourth-order valence-corrected chi connectivity index (χ4v) is 1.17. The summed E-state index contributed by atoms with van der Waals surface area (Å²) in [5.74, 6) is 0.693. The molecule has 1 N–H and O–H groups in total. The first-order valence-electron chi connectivity index (χ1n) is 4.76. The van der Waals surface area contributed by atoms with Gasteiger partial charge in [-0.3, -0.25) is 0 Å². The molecule has 0 amide bonds. The van der Waals surface area contributed by atoms with E-state index < -0.39 is 0 Å². The average Bonchev–Trinajstić information content (AvgIpc) is 2.12. The molecule has 0 aliphatic rings. The van der Waals surface area contributed by atoms with E-state index in [-0.39, 0.29) is 0 Å². The fourth-order valence-electron chi connectivity index (χ4n) is 1.06. The van der Waals surface area contributed by atoms with Crippen molar-refractivity contribution in [3.05, 3.63) is 0 Å². The van der Waals surface area contributed by atoms with Gasteiger partial charge >= 0.3 is 0 Å². The van der Waals surface area contributed by atoms with Gasteiger partial charge in [0, 0.05) is 25.0 Å². The SMILES string of the molecule is CCN(CC)CCNC(C)CCl. The van der Waals surface area contributed by atoms with E-state index in [1.165, 1.54) is 0 Å². The number of likely N-dealkylation sites (N-methyl/N-ethyl adjacent to an activating group) is 1. The van der Waals surface area contributed by atoms with Gasteiger partial charge in [0.1, 0.15) is 0 Å². The zero-order chi connectivity index (χ0) is 9.40. The highest BCUT2D eigenvalue weighted by molar-refractivity contribution is 6.18. The van der Waals surface area contributed by atoms with Crippen molar-refractivity contribution >= 4 is 11.6 Å². The Balaban J connectivity index is 3.28. The van der Waals surface area contributed by atoms with E-state index in [4.69, 9.17) is 11.6 Å². The predicted octanol–water partition coefficient (Wildman–Crippen LogP) is 1.55. The summed E-state index contributed by atoms with van der Waals surface area (Å²) in [6.07, 6.45) is 0. The summed E-state index contributed by atoms with van der Waals surface area (Å²) in [6, 6.07) is 0.433. The van der Waals surface area contributed by atoms with Crippen LogP contribution >= 0.6 is 11.6 Å². The van der Waals surface area contributed by atoms with Crippen molar-refractivity contribution in [2.45, 2.75) is 26.8 Å². The summed E-state index contributed by atoms with van der Waals surface area (Å²) in [5, 5.41) is 3.36. The number of nitrogens with zero attached hydrogens (tertiary/aromatic N) is 1. The Morgan fingerprint density at radius 1 is 1.33 bits per heavy atom. The van der Waals surface area contributed by atoms with Gasteiger partial charge in [0.25, 0.3) is 0 Å². The molecule has 0 bridgehead atoms. The average molecular weight is 193 g/mol. The van der Waals surface area contributed by atoms with Gasteiger partial charge in [0.05, 0.1) is 0 Å². The lowest BCUT2D eigenvalue weighted by Crippen LogP contribution is -2.36. The van der Waals surface area contributed by atoms with Crippen LogP contribution in [0.1, 0.15) is 20.8 Å². The van der Waals surface area contributed by atoms with Gasteiger partial charge < -0.3 is 10.2 Å². The summed E-state index contributed by atoms with van der Waals surface area (Å²) in [6.45, 7) is 10.9. The molecule has 0 fully saturated rings. The first kappa shape index (κ1) is 12.2. The number of hydrogen-bond acceptors (Lipinski definition) is 2. The Kier molecular flexibility index (Phi) is 7.98. The number of nitrogens with one attached hydrogen (secondary N) is 1. The number of rotatable bonds is 7. The van der Waals surface area contributed by atoms with Crippen LogP contribution in [0.25, 0.3) is 0 Å². The Bertz CT molecular complexity index is 94.5. The Labute approximate surface area is 81.3 Å². The largest absolute Gasteiger partial charge is 0.312 e. The molecule has 12 heavy (non-hydrogen) atoms. The van der Waals surface area contributed by atoms with Crippen LogP contribution in [0, 0.1) is 0 Å². The highest BCUT2D eigenvalue weighted by Gasteiger charge is 2.00. The molecular weight excluding hydrogens is 172 g/mol. The van der Waals surface area contributed by atoms with Crippen LogP contribution in [0.15, 0.2) is 0 Å². The van der Waals surface area contributed by atoms with Crippen LogP contribution in [0.4, 0.5) is 0 Å². The molecule has 0 aromatic rings. The smallest absolute Gasteiger partial charge is 0.0374 e. The van der Waals surface area contributed by atoms with E-state index >= 15 is 0 Å². The molecule has 0 aliphatic heterocycles. The van der Waals surface area contributed by atoms with Crippen molar-refractivity contribution < 1.29 is 0 Å². The summed E-state index contributed by atoms with van der Waals surface area (Å²) < 4.78 is 0. The summed E-state index contributed by atoms with van der Waals surface area (Å²) in [7, 11) is 0. The van der Waals surface area contributed by atoms with Crippen molar-refractivity contribution in [3.8, 4) is 0 Å². The first-order valence-corrected chi connectivity index (χ1v) is 5.29. The van der Waals surface area contributed by atoms with E-state index in [9.17, 15) is 0 Å². The monoisotopic (exact) mass is 192 g/mol. The lowest BCUT2D eigenvalue weighted by molar-refractivity contribution is 0.299. The number of alkyl halides is 1. The quantitative estimate of drug-likeness (QED) is 0.616. The molecule has 1 unspecified atom stereocenters. The Morgan fingerprint density at radius 3 is 2.33 bits per heavy atom. The van der Waals surface area contributed by atoms with Crippen LogP contribution in [-0.2, 0) is 0 Å². The Morgan fingerprint density at radius 2 is 1.92 bits per heavy atom. The molecule has 0 saturated carbocycles. The van der Waals surface area contributed by atoms with Gasteiger partial charge in [0.2, 0.25) is 0 Å². The third-order valence-electron chi connectivity index (χ3n) is 2.05. The minimum atomic E-state index is 0.433. The van der Waals surface area contributed by atoms with Crippen molar-refractivity contribution in [1.29, 1.82) is 0 Å². The van der Waals surface area contributed by atoms with E-state index in [1.807, 2.05) is 0 Å². The predicted molar refractivity (Wildman–Crippen MR) is 56.0 cm³/mol. The Hall–Kier alpha value is 0.210. The maximum atomic E-state index is 5.66. The molecule has 0 aliphatic carbocycles. The summed E-state index contributed by atoms with van der Waals surface area (Å²) in [4.78, 5) is 2.40. The molecule has 3 heteroatoms. The van der Waals surface area contributed by atoms with Gasteiger partial charge in [-0.1, -0.05) is 13.8 Å². The van der Waals surface area contributed by atoms with Crippen LogP contribution in [0.5, 0.6) is 0 Å². The third kappa shape index (κ3) is 5.81. The zero-order valence-electron chi connectivity index (χ0n) is 8.44. The maximum Gasteiger partial charge on any atom is 0.0374 e. The normalized spacial score (nSPS) is 13.8. The molecule has 2 nitrogen and oxygen atoms in total. The first-order chi connectivity index (χ1) is 5.74. The van der Waals surface area contributed by atoms with Gasteiger partial charge in [-0.05, 0) is 20.0 Å². The van der Waals surface area contributed by atoms with Gasteiger partial charge in [0.15, 0.2) is 0 Å². The second-order valence-electron chi connectivity index (χ2n) is 3.04. The van der Waals surface area contributed by atoms with Crippen molar-refractivity contribution in [1.82, 2.24) is 10.2 Å². The zero-order valence-corrected chi connectivity index (χ0v) is 9.19. The van der Waals surface area contributed by atoms with E-state index in [2.05, 4.69) is 31.0 Å². The topological polar surface area (TPSA) is 15.3 Å². The van der Waals surface area contributed by atoms with E-state index in [1.54, 1.807) is 0 Å². The van der Waals surface area contributed by atoms with Crippen LogP contribution in [0.2, 0.25) is 0 Å². The second-order valence-corrected chi connectivity index (χ2v) is 3.34. The highest BCUT2D eigenvalue weighted by atomic mass is 35.5. The van der Waals surface area contributed by atoms with Crippen LogP contribution in [-0.4, -0.2) is 43.0 Å². The molecular formula is C9H21ClN2. The molecule has 0 heterocycles. The molecule has 74 valence electrons. The molecule has 0 radical (unpaired) electrons. The highest BCUT2D eigenvalue weighted by Crippen LogP contribution is 1.87. The molecule has 1 atom stereocenters. The van der Waals surface area contributed by atoms with Crippen LogP contribution in [0.3, 0.4) is 0 Å². The summed E-state index contributed by atoms with van der Waals surface area (Å²) in [5.41, 5.74) is 0.